The van der Waals surface area contributed by atoms with Gasteiger partial charge in [0, 0.05) is 7.05 Å². The second-order valence-corrected chi connectivity index (χ2v) is 8.81. The summed E-state index contributed by atoms with van der Waals surface area (Å²) in [6.07, 6.45) is -0.611. The van der Waals surface area contributed by atoms with Crippen LogP contribution in [0.2, 0.25) is 0 Å². The first-order valence-electron chi connectivity index (χ1n) is 9.20. The van der Waals surface area contributed by atoms with Crippen LogP contribution in [0.1, 0.15) is 22.8 Å². The van der Waals surface area contributed by atoms with Crippen LogP contribution in [0, 0.1) is 6.92 Å². The van der Waals surface area contributed by atoms with E-state index in [1.165, 1.54) is 19.2 Å². The molecule has 29 heavy (non-hydrogen) atoms. The normalized spacial score (nSPS) is 11.6. The highest BCUT2D eigenvalue weighted by molar-refractivity contribution is 7.89. The Kier molecular flexibility index (Phi) is 6.46. The molecule has 0 bridgehead atoms. The smallest absolute Gasteiger partial charge is 0.322 e. The Morgan fingerprint density at radius 3 is 1.83 bits per heavy atom. The predicted molar refractivity (Wildman–Crippen MR) is 112 cm³/mol. The van der Waals surface area contributed by atoms with Gasteiger partial charge in [0.15, 0.2) is 6.10 Å². The molecule has 6 heteroatoms. The lowest BCUT2D eigenvalue weighted by atomic mass is 10.0. The van der Waals surface area contributed by atoms with Gasteiger partial charge in [0.1, 0.15) is 6.54 Å². The molecule has 0 atom stereocenters. The van der Waals surface area contributed by atoms with Gasteiger partial charge in [-0.25, -0.2) is 8.42 Å². The highest BCUT2D eigenvalue weighted by atomic mass is 32.2. The molecule has 0 radical (unpaired) electrons. The number of ether oxygens (including phenoxy) is 1. The number of hydrogen-bond donors (Lipinski definition) is 0. The fraction of sp³-hybridized carbons (Fsp3) is 0.174. The monoisotopic (exact) mass is 409 g/mol. The molecule has 0 spiro atoms. The zero-order valence-electron chi connectivity index (χ0n) is 16.4. The molecule has 0 aromatic heterocycles. The maximum atomic E-state index is 12.7. The van der Waals surface area contributed by atoms with Crippen molar-refractivity contribution >= 4 is 16.0 Å². The van der Waals surface area contributed by atoms with Gasteiger partial charge in [-0.2, -0.15) is 4.31 Å². The lowest BCUT2D eigenvalue weighted by Crippen LogP contribution is -2.33. The van der Waals surface area contributed by atoms with Crippen molar-refractivity contribution in [2.75, 3.05) is 13.6 Å². The second kappa shape index (κ2) is 9.03. The van der Waals surface area contributed by atoms with Gasteiger partial charge in [0.05, 0.1) is 4.90 Å². The van der Waals surface area contributed by atoms with Gasteiger partial charge in [0.25, 0.3) is 0 Å². The lowest BCUT2D eigenvalue weighted by Gasteiger charge is -2.21. The quantitative estimate of drug-likeness (QED) is 0.555. The number of carbonyl (C=O) groups is 1. The zero-order chi connectivity index (χ0) is 20.9. The van der Waals surface area contributed by atoms with Crippen LogP contribution in [-0.2, 0) is 19.6 Å². The van der Waals surface area contributed by atoms with Crippen LogP contribution in [0.15, 0.2) is 89.8 Å². The van der Waals surface area contributed by atoms with Gasteiger partial charge < -0.3 is 4.74 Å². The third kappa shape index (κ3) is 5.10. The first-order valence-corrected chi connectivity index (χ1v) is 10.6. The van der Waals surface area contributed by atoms with Gasteiger partial charge in [-0.1, -0.05) is 78.4 Å². The fourth-order valence-electron chi connectivity index (χ4n) is 2.91. The first-order chi connectivity index (χ1) is 13.9. The molecule has 0 amide bonds. The molecular formula is C23H23NO4S. The third-order valence-corrected chi connectivity index (χ3v) is 6.35. The number of nitrogens with zero attached hydrogens (tertiary/aromatic N) is 1. The average molecular weight is 410 g/mol. The van der Waals surface area contributed by atoms with Gasteiger partial charge in [-0.15, -0.1) is 0 Å². The Labute approximate surface area is 171 Å². The Morgan fingerprint density at radius 1 is 0.862 bits per heavy atom. The van der Waals surface area contributed by atoms with Crippen LogP contribution in [0.4, 0.5) is 0 Å². The Bertz CT molecular complexity index is 1010. The minimum absolute atomic E-state index is 0.140. The Balaban J connectivity index is 1.77. The summed E-state index contributed by atoms with van der Waals surface area (Å²) in [5.41, 5.74) is 2.59. The number of aryl methyl sites for hydroxylation is 1. The van der Waals surface area contributed by atoms with Crippen molar-refractivity contribution in [2.24, 2.45) is 0 Å². The molecular weight excluding hydrogens is 386 g/mol. The lowest BCUT2D eigenvalue weighted by molar-refractivity contribution is -0.147. The molecule has 0 aliphatic heterocycles. The maximum Gasteiger partial charge on any atom is 0.322 e. The van der Waals surface area contributed by atoms with Crippen LogP contribution in [0.5, 0.6) is 0 Å². The van der Waals surface area contributed by atoms with E-state index in [4.69, 9.17) is 4.74 Å². The maximum absolute atomic E-state index is 12.7. The van der Waals surface area contributed by atoms with E-state index in [2.05, 4.69) is 0 Å². The number of benzene rings is 3. The molecule has 0 saturated heterocycles. The minimum atomic E-state index is -3.78. The number of rotatable bonds is 7. The topological polar surface area (TPSA) is 63.7 Å². The predicted octanol–water partition coefficient (Wildman–Crippen LogP) is 3.95. The molecule has 3 rings (SSSR count). The number of esters is 1. The molecule has 0 heterocycles. The molecule has 5 nitrogen and oxygen atoms in total. The van der Waals surface area contributed by atoms with E-state index in [0.717, 1.165) is 21.0 Å². The number of carbonyl (C=O) groups excluding carboxylic acids is 1. The Morgan fingerprint density at radius 2 is 1.34 bits per heavy atom. The summed E-state index contributed by atoms with van der Waals surface area (Å²) in [5.74, 6) is -0.624. The van der Waals surface area contributed by atoms with Gasteiger partial charge in [-0.3, -0.25) is 4.79 Å². The van der Waals surface area contributed by atoms with Crippen LogP contribution >= 0.6 is 0 Å². The molecule has 150 valence electrons. The molecule has 3 aromatic rings. The van der Waals surface area contributed by atoms with Crippen LogP contribution < -0.4 is 0 Å². The van der Waals surface area contributed by atoms with Crippen molar-refractivity contribution in [2.45, 2.75) is 17.9 Å². The van der Waals surface area contributed by atoms with Gasteiger partial charge >= 0.3 is 5.97 Å². The molecule has 3 aromatic carbocycles. The van der Waals surface area contributed by atoms with Gasteiger partial charge in [0.2, 0.25) is 10.0 Å². The molecule has 0 fully saturated rings. The van der Waals surface area contributed by atoms with Crippen molar-refractivity contribution in [1.82, 2.24) is 4.31 Å². The standard InChI is InChI=1S/C23H23NO4S/c1-18-13-15-21(16-14-18)29(26,27)24(2)17-22(25)28-23(19-9-5-3-6-10-19)20-11-7-4-8-12-20/h3-16,23H,17H2,1-2H3. The summed E-state index contributed by atoms with van der Waals surface area (Å²) in [6.45, 7) is 1.50. The zero-order valence-corrected chi connectivity index (χ0v) is 17.2. The van der Waals surface area contributed by atoms with E-state index in [1.54, 1.807) is 12.1 Å². The highest BCUT2D eigenvalue weighted by Gasteiger charge is 2.26. The third-order valence-electron chi connectivity index (χ3n) is 4.53. The number of sulfonamides is 1. The van der Waals surface area contributed by atoms with Crippen LogP contribution in [0.3, 0.4) is 0 Å². The number of hydrogen-bond acceptors (Lipinski definition) is 4. The van der Waals surface area contributed by atoms with Gasteiger partial charge in [-0.05, 0) is 30.2 Å². The fourth-order valence-corrected chi connectivity index (χ4v) is 4.03. The summed E-state index contributed by atoms with van der Waals surface area (Å²) < 4.78 is 32.2. The van der Waals surface area contributed by atoms with E-state index in [0.29, 0.717) is 0 Å². The minimum Gasteiger partial charge on any atom is -0.452 e. The Hall–Kier alpha value is -2.96. The van der Waals surface area contributed by atoms with Crippen molar-refractivity contribution in [1.29, 1.82) is 0 Å². The summed E-state index contributed by atoms with van der Waals surface area (Å²) in [4.78, 5) is 12.8. The van der Waals surface area contributed by atoms with Crippen molar-refractivity contribution in [3.8, 4) is 0 Å². The molecule has 0 N–H and O–H groups in total. The largest absolute Gasteiger partial charge is 0.452 e. The summed E-state index contributed by atoms with van der Waals surface area (Å²) >= 11 is 0. The molecule has 0 aliphatic rings. The van der Waals surface area contributed by atoms with E-state index >= 15 is 0 Å². The van der Waals surface area contributed by atoms with Crippen molar-refractivity contribution in [3.05, 3.63) is 102 Å². The van der Waals surface area contributed by atoms with Crippen molar-refractivity contribution in [3.63, 3.8) is 0 Å². The highest BCUT2D eigenvalue weighted by Crippen LogP contribution is 2.26. The summed E-state index contributed by atoms with van der Waals surface area (Å²) in [7, 11) is -2.41. The van der Waals surface area contributed by atoms with E-state index < -0.39 is 22.1 Å². The average Bonchev–Trinajstić information content (AvgIpc) is 2.73. The van der Waals surface area contributed by atoms with Crippen molar-refractivity contribution < 1.29 is 17.9 Å². The first kappa shape index (κ1) is 20.8. The van der Waals surface area contributed by atoms with Crippen LogP contribution in [-0.4, -0.2) is 32.3 Å². The van der Waals surface area contributed by atoms with E-state index in [-0.39, 0.29) is 11.4 Å². The molecule has 0 saturated carbocycles. The summed E-state index contributed by atoms with van der Waals surface area (Å²) in [5, 5.41) is 0. The molecule has 0 aliphatic carbocycles. The second-order valence-electron chi connectivity index (χ2n) is 6.77. The SMILES string of the molecule is Cc1ccc(S(=O)(=O)N(C)CC(=O)OC(c2ccccc2)c2ccccc2)cc1. The van der Waals surface area contributed by atoms with E-state index in [1.807, 2.05) is 67.6 Å². The van der Waals surface area contributed by atoms with Crippen LogP contribution in [0.25, 0.3) is 0 Å². The number of likely N-dealkylation sites (N-methyl/N-ethyl adjacent to an activating group) is 1. The summed E-state index contributed by atoms with van der Waals surface area (Å²) in [6, 6.07) is 25.2. The van der Waals surface area contributed by atoms with E-state index in [9.17, 15) is 13.2 Å². The molecule has 0 unspecified atom stereocenters.